The van der Waals surface area contributed by atoms with Crippen molar-refractivity contribution in [3.05, 3.63) is 52.6 Å². The number of likely N-dealkylation sites (tertiary alicyclic amines) is 1. The van der Waals surface area contributed by atoms with Crippen molar-refractivity contribution in [3.63, 3.8) is 0 Å². The van der Waals surface area contributed by atoms with Crippen molar-refractivity contribution in [2.24, 2.45) is 5.92 Å². The van der Waals surface area contributed by atoms with E-state index in [1.807, 2.05) is 27.9 Å². The molecule has 5 nitrogen and oxygen atoms in total. The number of hydrogen-bond acceptors (Lipinski definition) is 4. The lowest BCUT2D eigenvalue weighted by Crippen LogP contribution is -2.40. The van der Waals surface area contributed by atoms with Gasteiger partial charge in [0.05, 0.1) is 11.0 Å². The van der Waals surface area contributed by atoms with Crippen LogP contribution in [0.4, 0.5) is 4.79 Å². The molecule has 1 aromatic rings. The fraction of sp³-hybridized carbons (Fsp3) is 0.607. The number of fused-ring (bicyclic) bond motifs is 1. The standard InChI is InChI=1S/C28H38N2O3S2/c1-28(13-14-28)33-27(31)29-15-10-21(11-16-29)6-7-22-5-3-4-18-34-26(22)24-8-9-25-20-30(35(2)32)17-12-23(25)19-24/h3,5,8-9,19,21H,4,6-7,10-18,20H2,1-2H3. The molecule has 0 spiro atoms. The lowest BCUT2D eigenvalue weighted by molar-refractivity contribution is 0.0485. The molecule has 0 N–H and O–H groups in total. The second-order valence-electron chi connectivity index (χ2n) is 10.7. The summed E-state index contributed by atoms with van der Waals surface area (Å²) in [5.74, 6) is 1.78. The maximum atomic E-state index is 12.4. The number of ether oxygens (including phenoxy) is 1. The first-order valence-electron chi connectivity index (χ1n) is 13.1. The fourth-order valence-electron chi connectivity index (χ4n) is 5.29. The van der Waals surface area contributed by atoms with Gasteiger partial charge in [0, 0.05) is 43.1 Å². The van der Waals surface area contributed by atoms with Gasteiger partial charge in [-0.2, -0.15) is 0 Å². The van der Waals surface area contributed by atoms with Gasteiger partial charge >= 0.3 is 6.09 Å². The number of nitrogens with zero attached hydrogens (tertiary/aromatic N) is 2. The summed E-state index contributed by atoms with van der Waals surface area (Å²) >= 11 is 1.99. The van der Waals surface area contributed by atoms with Gasteiger partial charge in [-0.3, -0.25) is 0 Å². The maximum absolute atomic E-state index is 12.4. The van der Waals surface area contributed by atoms with Crippen LogP contribution < -0.4 is 0 Å². The van der Waals surface area contributed by atoms with Gasteiger partial charge in [0.15, 0.2) is 0 Å². The molecule has 1 saturated heterocycles. The van der Waals surface area contributed by atoms with Gasteiger partial charge in [0.2, 0.25) is 0 Å². The molecule has 190 valence electrons. The highest BCUT2D eigenvalue weighted by Gasteiger charge is 2.43. The summed E-state index contributed by atoms with van der Waals surface area (Å²) in [5, 5.41) is 0. The minimum Gasteiger partial charge on any atom is -0.443 e. The molecule has 1 atom stereocenters. The largest absolute Gasteiger partial charge is 0.443 e. The molecule has 5 rings (SSSR count). The number of allylic oxidation sites excluding steroid dienone is 3. The Kier molecular flexibility index (Phi) is 7.75. The number of carbonyl (C=O) groups excluding carboxylic acids is 1. The van der Waals surface area contributed by atoms with E-state index in [-0.39, 0.29) is 11.7 Å². The Bertz CT molecular complexity index is 1040. The second-order valence-corrected chi connectivity index (χ2v) is 13.2. The molecule has 7 heteroatoms. The Morgan fingerprint density at radius 1 is 1.20 bits per heavy atom. The highest BCUT2D eigenvalue weighted by molar-refractivity contribution is 8.08. The number of piperidine rings is 1. The minimum atomic E-state index is -0.907. The quantitative estimate of drug-likeness (QED) is 0.473. The zero-order valence-corrected chi connectivity index (χ0v) is 22.7. The average molecular weight is 515 g/mol. The summed E-state index contributed by atoms with van der Waals surface area (Å²) in [6.07, 6.45) is 14.8. The molecule has 3 heterocycles. The first-order valence-corrected chi connectivity index (χ1v) is 15.6. The van der Waals surface area contributed by atoms with Gasteiger partial charge < -0.3 is 9.64 Å². The first kappa shape index (κ1) is 25.1. The van der Waals surface area contributed by atoms with Gasteiger partial charge in [-0.05, 0) is 86.5 Å². The lowest BCUT2D eigenvalue weighted by atomic mass is 9.89. The van der Waals surface area contributed by atoms with Gasteiger partial charge in [-0.25, -0.2) is 13.3 Å². The van der Waals surface area contributed by atoms with E-state index >= 15 is 0 Å². The topological polar surface area (TPSA) is 49.9 Å². The molecule has 35 heavy (non-hydrogen) atoms. The van der Waals surface area contributed by atoms with Crippen molar-refractivity contribution in [2.75, 3.05) is 31.6 Å². The predicted octanol–water partition coefficient (Wildman–Crippen LogP) is 5.92. The van der Waals surface area contributed by atoms with E-state index in [0.29, 0.717) is 5.92 Å². The van der Waals surface area contributed by atoms with Crippen molar-refractivity contribution in [1.29, 1.82) is 0 Å². The van der Waals surface area contributed by atoms with E-state index < -0.39 is 11.0 Å². The lowest BCUT2D eigenvalue weighted by Gasteiger charge is -2.32. The third-order valence-corrected chi connectivity index (χ3v) is 10.2. The van der Waals surface area contributed by atoms with Crippen LogP contribution in [0.5, 0.6) is 0 Å². The minimum absolute atomic E-state index is 0.114. The van der Waals surface area contributed by atoms with Crippen LogP contribution in [0.15, 0.2) is 35.9 Å². The summed E-state index contributed by atoms with van der Waals surface area (Å²) in [7, 11) is -0.907. The van der Waals surface area contributed by atoms with Crippen LogP contribution in [0.25, 0.3) is 4.91 Å². The zero-order valence-electron chi connectivity index (χ0n) is 21.1. The number of benzene rings is 1. The fourth-order valence-corrected chi connectivity index (χ4v) is 7.07. The number of thioether (sulfide) groups is 1. The highest BCUT2D eigenvalue weighted by atomic mass is 32.2. The number of rotatable bonds is 6. The van der Waals surface area contributed by atoms with Gasteiger partial charge in [-0.1, -0.05) is 30.4 Å². The molecular formula is C28H38N2O3S2. The van der Waals surface area contributed by atoms with Crippen molar-refractivity contribution in [2.45, 2.75) is 70.4 Å². The highest BCUT2D eigenvalue weighted by Crippen LogP contribution is 2.40. The van der Waals surface area contributed by atoms with Crippen LogP contribution in [0, 0.1) is 5.92 Å². The Labute approximate surface area is 216 Å². The average Bonchev–Trinajstić information content (AvgIpc) is 3.63. The number of hydrogen-bond donors (Lipinski definition) is 0. The summed E-state index contributed by atoms with van der Waals surface area (Å²) in [4.78, 5) is 15.8. The number of carbonyl (C=O) groups is 1. The van der Waals surface area contributed by atoms with E-state index in [9.17, 15) is 9.00 Å². The summed E-state index contributed by atoms with van der Waals surface area (Å²) < 4.78 is 19.6. The summed E-state index contributed by atoms with van der Waals surface area (Å²) in [6.45, 7) is 5.32. The maximum Gasteiger partial charge on any atom is 0.410 e. The van der Waals surface area contributed by atoms with E-state index in [1.165, 1.54) is 33.6 Å². The van der Waals surface area contributed by atoms with Crippen LogP contribution in [0.3, 0.4) is 0 Å². The number of amides is 1. The van der Waals surface area contributed by atoms with E-state index in [1.54, 1.807) is 6.26 Å². The molecule has 3 aliphatic heterocycles. The smallest absolute Gasteiger partial charge is 0.410 e. The normalized spacial score (nSPS) is 23.5. The molecule has 2 fully saturated rings. The monoisotopic (exact) mass is 514 g/mol. The van der Waals surface area contributed by atoms with E-state index in [2.05, 4.69) is 30.4 Å². The molecule has 1 saturated carbocycles. The van der Waals surface area contributed by atoms with Gasteiger partial charge in [0.25, 0.3) is 0 Å². The predicted molar refractivity (Wildman–Crippen MR) is 145 cm³/mol. The van der Waals surface area contributed by atoms with Crippen LogP contribution in [-0.2, 0) is 28.7 Å². The molecule has 4 aliphatic rings. The molecule has 0 aromatic heterocycles. The molecular weight excluding hydrogens is 476 g/mol. The van der Waals surface area contributed by atoms with Crippen LogP contribution in [0.2, 0.25) is 0 Å². The summed E-state index contributed by atoms with van der Waals surface area (Å²) in [5.41, 5.74) is 5.33. The van der Waals surface area contributed by atoms with Crippen molar-refractivity contribution >= 4 is 33.7 Å². The Hall–Kier alpha value is -1.57. The van der Waals surface area contributed by atoms with E-state index in [4.69, 9.17) is 4.74 Å². The zero-order chi connectivity index (χ0) is 24.4. The van der Waals surface area contributed by atoms with Crippen LogP contribution >= 0.6 is 11.8 Å². The third kappa shape index (κ3) is 6.23. The van der Waals surface area contributed by atoms with Gasteiger partial charge in [0.1, 0.15) is 5.60 Å². The van der Waals surface area contributed by atoms with Crippen LogP contribution in [-0.4, -0.2) is 56.8 Å². The Balaban J connectivity index is 1.22. The SMILES string of the molecule is CS(=O)N1CCc2cc(C3=C(CCC4CCN(C(=O)OC5(C)CC5)CC4)C=CCCS3)ccc2C1. The Morgan fingerprint density at radius 2 is 2.00 bits per heavy atom. The van der Waals surface area contributed by atoms with Crippen molar-refractivity contribution in [3.8, 4) is 0 Å². The van der Waals surface area contributed by atoms with Crippen LogP contribution in [0.1, 0.15) is 68.6 Å². The molecule has 1 aliphatic carbocycles. The van der Waals surface area contributed by atoms with E-state index in [0.717, 1.165) is 76.9 Å². The first-order chi connectivity index (χ1) is 16.9. The van der Waals surface area contributed by atoms with Crippen molar-refractivity contribution in [1.82, 2.24) is 9.21 Å². The molecule has 1 amide bonds. The second kappa shape index (κ2) is 10.8. The molecule has 0 bridgehead atoms. The van der Waals surface area contributed by atoms with Crippen molar-refractivity contribution < 1.29 is 13.7 Å². The molecule has 0 radical (unpaired) electrons. The molecule has 1 unspecified atom stereocenters. The Morgan fingerprint density at radius 3 is 2.74 bits per heavy atom. The summed E-state index contributed by atoms with van der Waals surface area (Å²) in [6, 6.07) is 6.91. The third-order valence-electron chi connectivity index (χ3n) is 7.93. The molecule has 1 aromatic carbocycles. The van der Waals surface area contributed by atoms with Gasteiger partial charge in [-0.15, -0.1) is 11.8 Å².